The van der Waals surface area contributed by atoms with Gasteiger partial charge >= 0.3 is 0 Å². The molecule has 14 heavy (non-hydrogen) atoms. The molecule has 0 aromatic heterocycles. The first-order valence-corrected chi connectivity index (χ1v) is 6.14. The smallest absolute Gasteiger partial charge is 0.176 e. The molecule has 1 rings (SSSR count). The summed E-state index contributed by atoms with van der Waals surface area (Å²) in [5, 5.41) is 8.68. The number of hydrogen-bond acceptors (Lipinski definition) is 3. The van der Waals surface area contributed by atoms with Gasteiger partial charge in [-0.1, -0.05) is 0 Å². The van der Waals surface area contributed by atoms with Gasteiger partial charge in [0.2, 0.25) is 0 Å². The lowest BCUT2D eigenvalue weighted by molar-refractivity contribution is 0.599. The molecular weight excluding hydrogens is 273 g/mol. The molecule has 0 saturated heterocycles. The average Bonchev–Trinajstić information content (AvgIpc) is 2.07. The highest BCUT2D eigenvalue weighted by molar-refractivity contribution is 9.10. The van der Waals surface area contributed by atoms with Gasteiger partial charge < -0.3 is 0 Å². The molecule has 0 heterocycles. The largest absolute Gasteiger partial charge is 0.224 e. The molecule has 0 bridgehead atoms. The first-order chi connectivity index (χ1) is 6.38. The number of nitrogens with zero attached hydrogens (tertiary/aromatic N) is 1. The van der Waals surface area contributed by atoms with Crippen LogP contribution < -0.4 is 0 Å². The van der Waals surface area contributed by atoms with Gasteiger partial charge in [0.05, 0.1) is 14.9 Å². The van der Waals surface area contributed by atoms with E-state index in [2.05, 4.69) is 15.9 Å². The first-order valence-electron chi connectivity index (χ1n) is 3.46. The summed E-state index contributed by atoms with van der Waals surface area (Å²) >= 11 is 2.82. The zero-order chi connectivity index (χ0) is 10.9. The molecule has 0 fully saturated rings. The quantitative estimate of drug-likeness (QED) is 0.737. The number of benzene rings is 1. The Kier molecular flexibility index (Phi) is 2.92. The fourth-order valence-corrected chi connectivity index (χ4v) is 2.35. The van der Waals surface area contributed by atoms with Gasteiger partial charge in [-0.25, -0.2) is 12.8 Å². The van der Waals surface area contributed by atoms with E-state index in [1.165, 1.54) is 0 Å². The Morgan fingerprint density at radius 2 is 2.07 bits per heavy atom. The molecule has 74 valence electrons. The van der Waals surface area contributed by atoms with Gasteiger partial charge in [-0.05, 0) is 28.1 Å². The van der Waals surface area contributed by atoms with Crippen molar-refractivity contribution >= 4 is 25.8 Å². The third-order valence-corrected chi connectivity index (χ3v) is 3.48. The number of halogens is 2. The predicted octanol–water partition coefficient (Wildman–Crippen LogP) is 1.86. The van der Waals surface area contributed by atoms with E-state index in [9.17, 15) is 12.8 Å². The maximum Gasteiger partial charge on any atom is 0.176 e. The molecule has 0 aliphatic rings. The minimum atomic E-state index is -3.50. The van der Waals surface area contributed by atoms with Gasteiger partial charge in [0, 0.05) is 6.26 Å². The second kappa shape index (κ2) is 3.67. The van der Waals surface area contributed by atoms with Crippen LogP contribution in [0, 0.1) is 17.1 Å². The van der Waals surface area contributed by atoms with E-state index in [0.29, 0.717) is 0 Å². The van der Waals surface area contributed by atoms with Crippen molar-refractivity contribution in [1.82, 2.24) is 0 Å². The Morgan fingerprint density at radius 3 is 2.50 bits per heavy atom. The molecule has 0 aliphatic heterocycles. The van der Waals surface area contributed by atoms with Crippen LogP contribution in [0.25, 0.3) is 0 Å². The third-order valence-electron chi connectivity index (χ3n) is 1.57. The molecule has 0 amide bonds. The van der Waals surface area contributed by atoms with Crippen LogP contribution in [0.4, 0.5) is 4.39 Å². The summed E-state index contributed by atoms with van der Waals surface area (Å²) in [5.74, 6) is -0.658. The molecule has 6 heteroatoms. The van der Waals surface area contributed by atoms with Crippen molar-refractivity contribution < 1.29 is 12.8 Å². The van der Waals surface area contributed by atoms with Crippen LogP contribution in [-0.2, 0) is 9.84 Å². The number of nitriles is 1. The molecule has 1 aromatic carbocycles. The summed E-state index contributed by atoms with van der Waals surface area (Å²) in [5.41, 5.74) is -0.201. The number of sulfone groups is 1. The van der Waals surface area contributed by atoms with Gasteiger partial charge in [0.25, 0.3) is 0 Å². The molecule has 0 atom stereocenters. The van der Waals surface area contributed by atoms with Crippen molar-refractivity contribution in [3.63, 3.8) is 0 Å². The van der Waals surface area contributed by atoms with Crippen molar-refractivity contribution in [3.8, 4) is 6.07 Å². The molecule has 0 N–H and O–H groups in total. The van der Waals surface area contributed by atoms with Crippen LogP contribution in [0.2, 0.25) is 0 Å². The number of hydrogen-bond donors (Lipinski definition) is 0. The Bertz CT molecular complexity index is 519. The topological polar surface area (TPSA) is 57.9 Å². The van der Waals surface area contributed by atoms with E-state index in [1.54, 1.807) is 6.07 Å². The predicted molar refractivity (Wildman–Crippen MR) is 51.9 cm³/mol. The second-order valence-corrected chi connectivity index (χ2v) is 5.40. The Balaban J connectivity index is 3.66. The minimum absolute atomic E-state index is 0.122. The molecule has 3 nitrogen and oxygen atoms in total. The van der Waals surface area contributed by atoms with Crippen molar-refractivity contribution in [2.45, 2.75) is 4.90 Å². The SMILES string of the molecule is CS(=O)(=O)c1ccc(F)c(Br)c1C#N. The van der Waals surface area contributed by atoms with Crippen LogP contribution >= 0.6 is 15.9 Å². The van der Waals surface area contributed by atoms with Crippen molar-refractivity contribution in [3.05, 3.63) is 28.0 Å². The molecule has 1 aromatic rings. The van der Waals surface area contributed by atoms with E-state index in [4.69, 9.17) is 5.26 Å². The van der Waals surface area contributed by atoms with E-state index in [-0.39, 0.29) is 14.9 Å². The zero-order valence-corrected chi connectivity index (χ0v) is 9.49. The Hall–Kier alpha value is -0.930. The molecule has 0 radical (unpaired) electrons. The fraction of sp³-hybridized carbons (Fsp3) is 0.125. The summed E-state index contributed by atoms with van der Waals surface area (Å²) < 4.78 is 35.2. The highest BCUT2D eigenvalue weighted by Gasteiger charge is 2.18. The van der Waals surface area contributed by atoms with Gasteiger partial charge in [0.1, 0.15) is 11.9 Å². The van der Waals surface area contributed by atoms with Crippen molar-refractivity contribution in [2.24, 2.45) is 0 Å². The Labute approximate surface area is 89.2 Å². The monoisotopic (exact) mass is 277 g/mol. The van der Waals surface area contributed by atoms with Crippen LogP contribution in [0.15, 0.2) is 21.5 Å². The molecule has 0 saturated carbocycles. The lowest BCUT2D eigenvalue weighted by Gasteiger charge is -2.03. The van der Waals surface area contributed by atoms with E-state index >= 15 is 0 Å². The first kappa shape index (κ1) is 11.1. The fourth-order valence-electron chi connectivity index (χ4n) is 0.946. The lowest BCUT2D eigenvalue weighted by atomic mass is 10.2. The average molecular weight is 278 g/mol. The number of rotatable bonds is 1. The summed E-state index contributed by atoms with van der Waals surface area (Å²) in [4.78, 5) is -0.173. The normalized spacial score (nSPS) is 11.0. The third kappa shape index (κ3) is 1.94. The van der Waals surface area contributed by atoms with Gasteiger partial charge in [-0.15, -0.1) is 0 Å². The van der Waals surface area contributed by atoms with Crippen molar-refractivity contribution in [1.29, 1.82) is 5.26 Å². The summed E-state index contributed by atoms with van der Waals surface area (Å²) in [6.07, 6.45) is 0.966. The maximum absolute atomic E-state index is 12.9. The molecular formula is C8H5BrFNO2S. The standard InChI is InChI=1S/C8H5BrFNO2S/c1-14(12,13)7-3-2-6(10)8(9)5(7)4-11/h2-3H,1H3. The molecule has 0 aliphatic carbocycles. The second-order valence-electron chi connectivity index (χ2n) is 2.62. The lowest BCUT2D eigenvalue weighted by Crippen LogP contribution is -2.02. The van der Waals surface area contributed by atoms with Gasteiger partial charge in [-0.3, -0.25) is 0 Å². The van der Waals surface area contributed by atoms with Crippen LogP contribution in [-0.4, -0.2) is 14.7 Å². The van der Waals surface area contributed by atoms with Gasteiger partial charge in [0.15, 0.2) is 9.84 Å². The zero-order valence-electron chi connectivity index (χ0n) is 7.08. The Morgan fingerprint density at radius 1 is 1.50 bits per heavy atom. The van der Waals surface area contributed by atoms with Crippen LogP contribution in [0.5, 0.6) is 0 Å². The molecule has 0 spiro atoms. The van der Waals surface area contributed by atoms with Gasteiger partial charge in [-0.2, -0.15) is 5.26 Å². The van der Waals surface area contributed by atoms with E-state index in [1.807, 2.05) is 0 Å². The highest BCUT2D eigenvalue weighted by atomic mass is 79.9. The summed E-state index contributed by atoms with van der Waals surface area (Å²) in [7, 11) is -3.50. The van der Waals surface area contributed by atoms with Crippen LogP contribution in [0.1, 0.15) is 5.56 Å². The van der Waals surface area contributed by atoms with Crippen molar-refractivity contribution in [2.75, 3.05) is 6.26 Å². The molecule has 0 unspecified atom stereocenters. The van der Waals surface area contributed by atoms with E-state index < -0.39 is 15.7 Å². The minimum Gasteiger partial charge on any atom is -0.224 e. The highest BCUT2D eigenvalue weighted by Crippen LogP contribution is 2.26. The van der Waals surface area contributed by atoms with Crippen LogP contribution in [0.3, 0.4) is 0 Å². The van der Waals surface area contributed by atoms with E-state index in [0.717, 1.165) is 18.4 Å². The summed E-state index contributed by atoms with van der Waals surface area (Å²) in [6.45, 7) is 0. The summed E-state index contributed by atoms with van der Waals surface area (Å²) in [6, 6.07) is 3.72. The maximum atomic E-state index is 12.9.